The van der Waals surface area contributed by atoms with E-state index < -0.39 is 0 Å². The van der Waals surface area contributed by atoms with Crippen LogP contribution in [0, 0.1) is 0 Å². The summed E-state index contributed by atoms with van der Waals surface area (Å²) in [4.78, 5) is 15.4. The van der Waals surface area contributed by atoms with Crippen LogP contribution in [0.4, 0.5) is 11.4 Å². The van der Waals surface area contributed by atoms with Crippen molar-refractivity contribution in [2.75, 3.05) is 24.9 Å². The SMILES string of the molecule is COCC(=O)Nc1cccc(N=C(N)CCl)c1. The summed E-state index contributed by atoms with van der Waals surface area (Å²) in [5, 5.41) is 2.67. The van der Waals surface area contributed by atoms with Gasteiger partial charge in [-0.3, -0.25) is 4.79 Å². The number of halogens is 1. The average Bonchev–Trinajstić information content (AvgIpc) is 2.29. The van der Waals surface area contributed by atoms with E-state index in [4.69, 9.17) is 22.1 Å². The number of hydrogen-bond donors (Lipinski definition) is 2. The smallest absolute Gasteiger partial charge is 0.250 e. The molecule has 0 radical (unpaired) electrons. The van der Waals surface area contributed by atoms with Gasteiger partial charge in [-0.15, -0.1) is 11.6 Å². The fraction of sp³-hybridized carbons (Fsp3) is 0.273. The number of methoxy groups -OCH3 is 1. The maximum absolute atomic E-state index is 11.3. The molecule has 6 heteroatoms. The first-order valence-electron chi connectivity index (χ1n) is 4.93. The molecule has 92 valence electrons. The molecule has 0 fully saturated rings. The minimum Gasteiger partial charge on any atom is -0.386 e. The number of aliphatic imine (C=N–C) groups is 1. The van der Waals surface area contributed by atoms with Crippen molar-refractivity contribution < 1.29 is 9.53 Å². The van der Waals surface area contributed by atoms with Gasteiger partial charge in [-0.25, -0.2) is 4.99 Å². The van der Waals surface area contributed by atoms with E-state index in [2.05, 4.69) is 10.3 Å². The minimum absolute atomic E-state index is 0.0112. The lowest BCUT2D eigenvalue weighted by molar-refractivity contribution is -0.119. The topological polar surface area (TPSA) is 76.7 Å². The average molecular weight is 256 g/mol. The number of rotatable bonds is 5. The van der Waals surface area contributed by atoms with Gasteiger partial charge in [0.1, 0.15) is 12.4 Å². The quantitative estimate of drug-likeness (QED) is 0.476. The molecule has 0 saturated heterocycles. The lowest BCUT2D eigenvalue weighted by atomic mass is 10.3. The second kappa shape index (κ2) is 6.88. The maximum atomic E-state index is 11.3. The molecule has 0 bridgehead atoms. The molecular weight excluding hydrogens is 242 g/mol. The summed E-state index contributed by atoms with van der Waals surface area (Å²) in [7, 11) is 1.46. The Morgan fingerprint density at radius 3 is 3.00 bits per heavy atom. The fourth-order valence-corrected chi connectivity index (χ4v) is 1.24. The summed E-state index contributed by atoms with van der Waals surface area (Å²) in [5.74, 6) is 0.270. The number of amidine groups is 1. The first kappa shape index (κ1) is 13.5. The van der Waals surface area contributed by atoms with Gasteiger partial charge in [0.15, 0.2) is 0 Å². The van der Waals surface area contributed by atoms with Gasteiger partial charge < -0.3 is 15.8 Å². The van der Waals surface area contributed by atoms with Crippen LogP contribution < -0.4 is 11.1 Å². The standard InChI is InChI=1S/C11H14ClN3O2/c1-17-7-11(16)15-9-4-2-3-8(5-9)14-10(13)6-12/h2-5H,6-7H2,1H3,(H2,13,14)(H,15,16). The first-order chi connectivity index (χ1) is 8.15. The predicted molar refractivity (Wildman–Crippen MR) is 69.0 cm³/mol. The van der Waals surface area contributed by atoms with Gasteiger partial charge in [-0.2, -0.15) is 0 Å². The van der Waals surface area contributed by atoms with Gasteiger partial charge in [-0.05, 0) is 18.2 Å². The van der Waals surface area contributed by atoms with Crippen molar-refractivity contribution in [3.63, 3.8) is 0 Å². The molecule has 0 spiro atoms. The van der Waals surface area contributed by atoms with E-state index in [1.807, 2.05) is 0 Å². The third-order valence-corrected chi connectivity index (χ3v) is 2.09. The van der Waals surface area contributed by atoms with Crippen molar-refractivity contribution >= 4 is 34.7 Å². The molecule has 1 aromatic carbocycles. The third kappa shape index (κ3) is 4.84. The van der Waals surface area contributed by atoms with Crippen LogP contribution in [0.5, 0.6) is 0 Å². The zero-order chi connectivity index (χ0) is 12.7. The number of carbonyl (C=O) groups excluding carboxylic acids is 1. The Balaban J connectivity index is 2.76. The minimum atomic E-state index is -0.223. The van der Waals surface area contributed by atoms with Gasteiger partial charge in [0.2, 0.25) is 5.91 Å². The lowest BCUT2D eigenvalue weighted by Crippen LogP contribution is -2.17. The normalized spacial score (nSPS) is 11.3. The van der Waals surface area contributed by atoms with Gasteiger partial charge in [-0.1, -0.05) is 6.07 Å². The van der Waals surface area contributed by atoms with Crippen LogP contribution in [-0.2, 0) is 9.53 Å². The summed E-state index contributed by atoms with van der Waals surface area (Å²) >= 11 is 5.53. The molecule has 0 unspecified atom stereocenters. The lowest BCUT2D eigenvalue weighted by Gasteiger charge is -2.05. The second-order valence-corrected chi connectivity index (χ2v) is 3.54. The van der Waals surface area contributed by atoms with Crippen LogP contribution in [0.2, 0.25) is 0 Å². The number of hydrogen-bond acceptors (Lipinski definition) is 3. The number of nitrogens with zero attached hydrogens (tertiary/aromatic N) is 1. The highest BCUT2D eigenvalue weighted by Crippen LogP contribution is 2.17. The van der Waals surface area contributed by atoms with E-state index in [0.717, 1.165) is 0 Å². The number of nitrogens with one attached hydrogen (secondary N) is 1. The summed E-state index contributed by atoms with van der Waals surface area (Å²) in [5.41, 5.74) is 6.79. The Morgan fingerprint density at radius 1 is 1.59 bits per heavy atom. The number of anilines is 1. The van der Waals surface area contributed by atoms with Gasteiger partial charge in [0.05, 0.1) is 11.6 Å². The Labute approximate surface area is 105 Å². The van der Waals surface area contributed by atoms with E-state index in [-0.39, 0.29) is 18.4 Å². The first-order valence-corrected chi connectivity index (χ1v) is 5.47. The van der Waals surface area contributed by atoms with Crippen molar-refractivity contribution in [3.05, 3.63) is 24.3 Å². The number of alkyl halides is 1. The second-order valence-electron chi connectivity index (χ2n) is 3.27. The van der Waals surface area contributed by atoms with Crippen molar-refractivity contribution in [1.29, 1.82) is 0 Å². The van der Waals surface area contributed by atoms with E-state index in [1.54, 1.807) is 24.3 Å². The zero-order valence-corrected chi connectivity index (χ0v) is 10.2. The van der Waals surface area contributed by atoms with Crippen LogP contribution in [0.25, 0.3) is 0 Å². The molecule has 1 amide bonds. The molecule has 0 saturated carbocycles. The molecule has 3 N–H and O–H groups in total. The molecule has 0 aliphatic carbocycles. The van der Waals surface area contributed by atoms with Crippen molar-refractivity contribution in [1.82, 2.24) is 0 Å². The highest BCUT2D eigenvalue weighted by atomic mass is 35.5. The Morgan fingerprint density at radius 2 is 2.35 bits per heavy atom. The highest BCUT2D eigenvalue weighted by Gasteiger charge is 2.01. The number of ether oxygens (including phenoxy) is 1. The van der Waals surface area contributed by atoms with Gasteiger partial charge >= 0.3 is 0 Å². The molecule has 1 rings (SSSR count). The number of benzene rings is 1. The van der Waals surface area contributed by atoms with Crippen molar-refractivity contribution in [2.24, 2.45) is 10.7 Å². The van der Waals surface area contributed by atoms with Gasteiger partial charge in [0, 0.05) is 12.8 Å². The molecule has 0 heterocycles. The zero-order valence-electron chi connectivity index (χ0n) is 9.44. The van der Waals surface area contributed by atoms with E-state index >= 15 is 0 Å². The largest absolute Gasteiger partial charge is 0.386 e. The molecule has 0 aliphatic heterocycles. The van der Waals surface area contributed by atoms with Crippen molar-refractivity contribution in [2.45, 2.75) is 0 Å². The summed E-state index contributed by atoms with van der Waals surface area (Å²) in [6.07, 6.45) is 0. The molecule has 1 aromatic rings. The van der Waals surface area contributed by atoms with Crippen LogP contribution in [-0.4, -0.2) is 31.3 Å². The summed E-state index contributed by atoms with van der Waals surface area (Å²) in [6.45, 7) is 0.0112. The molecule has 5 nitrogen and oxygen atoms in total. The van der Waals surface area contributed by atoms with Crippen LogP contribution in [0.1, 0.15) is 0 Å². The number of carbonyl (C=O) groups is 1. The Kier molecular flexibility index (Phi) is 5.45. The van der Waals surface area contributed by atoms with Crippen molar-refractivity contribution in [3.8, 4) is 0 Å². The van der Waals surface area contributed by atoms with Gasteiger partial charge in [0.25, 0.3) is 0 Å². The summed E-state index contributed by atoms with van der Waals surface area (Å²) in [6, 6.07) is 6.99. The van der Waals surface area contributed by atoms with E-state index in [9.17, 15) is 4.79 Å². The highest BCUT2D eigenvalue weighted by molar-refractivity contribution is 6.28. The molecular formula is C11H14ClN3O2. The Bertz CT molecular complexity index is 421. The molecule has 17 heavy (non-hydrogen) atoms. The van der Waals surface area contributed by atoms with E-state index in [1.165, 1.54) is 7.11 Å². The monoisotopic (exact) mass is 255 g/mol. The predicted octanol–water partition coefficient (Wildman–Crippen LogP) is 1.50. The molecule has 0 aromatic heterocycles. The fourth-order valence-electron chi connectivity index (χ4n) is 1.18. The number of amides is 1. The van der Waals surface area contributed by atoms with E-state index in [0.29, 0.717) is 17.2 Å². The molecule has 0 atom stereocenters. The van der Waals surface area contributed by atoms with Crippen LogP contribution in [0.3, 0.4) is 0 Å². The van der Waals surface area contributed by atoms with Crippen LogP contribution in [0.15, 0.2) is 29.3 Å². The summed E-state index contributed by atoms with van der Waals surface area (Å²) < 4.78 is 4.71. The maximum Gasteiger partial charge on any atom is 0.250 e. The third-order valence-electron chi connectivity index (χ3n) is 1.81. The van der Waals surface area contributed by atoms with Crippen LogP contribution >= 0.6 is 11.6 Å². The number of nitrogens with two attached hydrogens (primary N) is 1. The molecule has 0 aliphatic rings. The Hall–Kier alpha value is -1.59.